The molecule has 3 aromatic rings. The van der Waals surface area contributed by atoms with Gasteiger partial charge in [-0.2, -0.15) is 0 Å². The lowest BCUT2D eigenvalue weighted by Crippen LogP contribution is -2.40. The van der Waals surface area contributed by atoms with Crippen molar-refractivity contribution >= 4 is 40.0 Å². The van der Waals surface area contributed by atoms with Gasteiger partial charge in [0.05, 0.1) is 28.8 Å². The van der Waals surface area contributed by atoms with Gasteiger partial charge in [-0.25, -0.2) is 4.98 Å². The summed E-state index contributed by atoms with van der Waals surface area (Å²) >= 11 is 0. The molecule has 0 saturated heterocycles. The fraction of sp³-hybridized carbons (Fsp3) is 0.250. The number of fused-ring (bicyclic) bond motifs is 2. The number of likely N-dealkylation sites (N-methyl/N-ethyl adjacent to an activating group) is 1. The van der Waals surface area contributed by atoms with Crippen LogP contribution in [-0.2, 0) is 14.4 Å². The summed E-state index contributed by atoms with van der Waals surface area (Å²) in [5, 5.41) is 2.69. The van der Waals surface area contributed by atoms with E-state index >= 15 is 0 Å². The molecule has 0 atom stereocenters. The molecule has 2 aromatic carbocycles. The lowest BCUT2D eigenvalue weighted by molar-refractivity contribution is -0.129. The molecule has 3 amide bonds. The molecule has 196 valence electrons. The molecule has 1 aromatic heterocycles. The van der Waals surface area contributed by atoms with Crippen molar-refractivity contribution in [3.8, 4) is 16.9 Å². The van der Waals surface area contributed by atoms with Crippen LogP contribution in [0.15, 0.2) is 66.4 Å². The second-order valence-electron chi connectivity index (χ2n) is 9.21. The van der Waals surface area contributed by atoms with E-state index in [1.165, 1.54) is 18.2 Å². The van der Waals surface area contributed by atoms with Gasteiger partial charge in [0.25, 0.3) is 17.4 Å². The van der Waals surface area contributed by atoms with Gasteiger partial charge in [-0.05, 0) is 37.6 Å². The van der Waals surface area contributed by atoms with Crippen LogP contribution in [0.4, 0.5) is 5.69 Å². The Bertz CT molecular complexity index is 1550. The molecule has 10 heteroatoms. The van der Waals surface area contributed by atoms with Crippen molar-refractivity contribution in [1.82, 2.24) is 19.8 Å². The van der Waals surface area contributed by atoms with Crippen molar-refractivity contribution in [2.24, 2.45) is 0 Å². The first-order valence-corrected chi connectivity index (χ1v) is 12.0. The molecule has 0 aliphatic carbocycles. The molecule has 1 N–H and O–H groups in total. The molecule has 38 heavy (non-hydrogen) atoms. The Balaban J connectivity index is 1.65. The van der Waals surface area contributed by atoms with E-state index < -0.39 is 17.4 Å². The molecule has 1 aliphatic rings. The highest BCUT2D eigenvalue weighted by molar-refractivity contribution is 6.15. The lowest BCUT2D eigenvalue weighted by atomic mass is 10.0. The Morgan fingerprint density at radius 1 is 1.16 bits per heavy atom. The van der Waals surface area contributed by atoms with Crippen molar-refractivity contribution in [3.05, 3.63) is 71.9 Å². The Labute approximate surface area is 219 Å². The van der Waals surface area contributed by atoms with Crippen LogP contribution in [0.2, 0.25) is 0 Å². The fourth-order valence-corrected chi connectivity index (χ4v) is 4.11. The van der Waals surface area contributed by atoms with Gasteiger partial charge >= 0.3 is 0 Å². The van der Waals surface area contributed by atoms with Gasteiger partial charge in [-0.3, -0.25) is 23.7 Å². The van der Waals surface area contributed by atoms with Gasteiger partial charge in [-0.15, -0.1) is 0 Å². The van der Waals surface area contributed by atoms with Crippen molar-refractivity contribution in [2.75, 3.05) is 25.1 Å². The van der Waals surface area contributed by atoms with Crippen LogP contribution in [-0.4, -0.2) is 58.4 Å². The van der Waals surface area contributed by atoms with Gasteiger partial charge in [0, 0.05) is 25.6 Å². The zero-order valence-corrected chi connectivity index (χ0v) is 21.8. The van der Waals surface area contributed by atoms with Gasteiger partial charge in [0.15, 0.2) is 0 Å². The SMILES string of the molecule is C=C(NC(=O)C(=C)n1cnc2c(-c3ccc4c(c3)OCCN4C(C)=O)cccc2c1=O)C(=O)N(C)C(C)C. The van der Waals surface area contributed by atoms with Crippen LogP contribution in [0.3, 0.4) is 0 Å². The number of rotatable bonds is 6. The summed E-state index contributed by atoms with van der Waals surface area (Å²) in [4.78, 5) is 58.0. The van der Waals surface area contributed by atoms with Crippen LogP contribution in [0, 0.1) is 0 Å². The second-order valence-corrected chi connectivity index (χ2v) is 9.21. The number of nitrogens with zero attached hydrogens (tertiary/aromatic N) is 4. The van der Waals surface area contributed by atoms with E-state index in [2.05, 4.69) is 23.5 Å². The van der Waals surface area contributed by atoms with Crippen molar-refractivity contribution < 1.29 is 19.1 Å². The van der Waals surface area contributed by atoms with Crippen LogP contribution in [0.1, 0.15) is 20.8 Å². The monoisotopic (exact) mass is 515 g/mol. The number of anilines is 1. The molecule has 0 radical (unpaired) electrons. The fourth-order valence-electron chi connectivity index (χ4n) is 4.11. The number of benzene rings is 2. The summed E-state index contributed by atoms with van der Waals surface area (Å²) in [6, 6.07) is 10.5. The minimum atomic E-state index is -0.748. The molecular formula is C28H29N5O5. The van der Waals surface area contributed by atoms with E-state index in [-0.39, 0.29) is 28.7 Å². The molecule has 10 nitrogen and oxygen atoms in total. The number of amides is 3. The summed E-state index contributed by atoms with van der Waals surface area (Å²) < 4.78 is 6.82. The highest BCUT2D eigenvalue weighted by atomic mass is 16.5. The molecule has 0 saturated carbocycles. The standard InChI is InChI=1S/C28H29N5O5/c1-16(2)31(6)27(36)17(3)30-26(35)18(4)33-15-29-25-21(8-7-9-22(25)28(33)37)20-10-11-23-24(14-20)38-13-12-32(23)19(5)34/h7-11,14-16H,3-4,12-13H2,1-2,5-6H3,(H,30,35). The number of nitrogens with one attached hydrogen (secondary N) is 1. The van der Waals surface area contributed by atoms with E-state index in [1.807, 2.05) is 38.1 Å². The van der Waals surface area contributed by atoms with E-state index in [0.717, 1.165) is 10.1 Å². The average Bonchev–Trinajstić information content (AvgIpc) is 2.90. The van der Waals surface area contributed by atoms with Crippen molar-refractivity contribution in [2.45, 2.75) is 26.8 Å². The normalized spacial score (nSPS) is 12.5. The van der Waals surface area contributed by atoms with Crippen LogP contribution in [0.25, 0.3) is 27.7 Å². The third kappa shape index (κ3) is 4.80. The first kappa shape index (κ1) is 26.3. The number of hydrogen-bond donors (Lipinski definition) is 1. The quantitative estimate of drug-likeness (QED) is 0.505. The highest BCUT2D eigenvalue weighted by Gasteiger charge is 2.23. The average molecular weight is 516 g/mol. The maximum atomic E-state index is 13.3. The van der Waals surface area contributed by atoms with Gasteiger partial charge in [0.2, 0.25) is 5.91 Å². The molecule has 2 heterocycles. The molecule has 0 unspecified atom stereocenters. The summed E-state index contributed by atoms with van der Waals surface area (Å²) in [6.07, 6.45) is 1.23. The number of hydrogen-bond acceptors (Lipinski definition) is 6. The summed E-state index contributed by atoms with van der Waals surface area (Å²) in [5.41, 5.74) is 1.72. The second kappa shape index (κ2) is 10.3. The maximum Gasteiger partial charge on any atom is 0.272 e. The topological polar surface area (TPSA) is 114 Å². The number of aromatic nitrogens is 2. The zero-order chi connectivity index (χ0) is 27.7. The Hall–Kier alpha value is -4.73. The Kier molecular flexibility index (Phi) is 7.16. The molecule has 1 aliphatic heterocycles. The number of carbonyl (C=O) groups is 3. The predicted molar refractivity (Wildman–Crippen MR) is 145 cm³/mol. The predicted octanol–water partition coefficient (Wildman–Crippen LogP) is 2.78. The minimum Gasteiger partial charge on any atom is -0.490 e. The van der Waals surface area contributed by atoms with Gasteiger partial charge in [0.1, 0.15) is 24.4 Å². The van der Waals surface area contributed by atoms with Crippen LogP contribution >= 0.6 is 0 Å². The molecular weight excluding hydrogens is 486 g/mol. The first-order chi connectivity index (χ1) is 18.0. The zero-order valence-electron chi connectivity index (χ0n) is 21.8. The van der Waals surface area contributed by atoms with Gasteiger partial charge in [-0.1, -0.05) is 31.4 Å². The van der Waals surface area contributed by atoms with E-state index in [1.54, 1.807) is 24.1 Å². The lowest BCUT2D eigenvalue weighted by Gasteiger charge is -2.29. The first-order valence-electron chi connectivity index (χ1n) is 12.0. The Morgan fingerprint density at radius 3 is 2.58 bits per heavy atom. The number of ether oxygens (including phenoxy) is 1. The maximum absolute atomic E-state index is 13.3. The van der Waals surface area contributed by atoms with E-state index in [9.17, 15) is 19.2 Å². The van der Waals surface area contributed by atoms with Crippen LogP contribution < -0.4 is 20.5 Å². The smallest absolute Gasteiger partial charge is 0.272 e. The van der Waals surface area contributed by atoms with Crippen molar-refractivity contribution in [3.63, 3.8) is 0 Å². The Morgan fingerprint density at radius 2 is 1.89 bits per heavy atom. The summed E-state index contributed by atoms with van der Waals surface area (Å²) in [6.45, 7) is 13.4. The molecule has 4 rings (SSSR count). The largest absolute Gasteiger partial charge is 0.490 e. The van der Waals surface area contributed by atoms with E-state index in [4.69, 9.17) is 4.74 Å². The van der Waals surface area contributed by atoms with E-state index in [0.29, 0.717) is 35.7 Å². The summed E-state index contributed by atoms with van der Waals surface area (Å²) in [7, 11) is 1.60. The van der Waals surface area contributed by atoms with Crippen LogP contribution in [0.5, 0.6) is 5.75 Å². The molecule has 0 spiro atoms. The minimum absolute atomic E-state index is 0.0705. The van der Waals surface area contributed by atoms with Gasteiger partial charge < -0.3 is 19.9 Å². The number of carbonyl (C=O) groups excluding carboxylic acids is 3. The number of para-hydroxylation sites is 1. The third-order valence-corrected chi connectivity index (χ3v) is 6.47. The molecule has 0 fully saturated rings. The molecule has 0 bridgehead atoms. The third-order valence-electron chi connectivity index (χ3n) is 6.47. The van der Waals surface area contributed by atoms with Crippen molar-refractivity contribution in [1.29, 1.82) is 0 Å². The summed E-state index contributed by atoms with van der Waals surface area (Å²) in [5.74, 6) is -0.701. The highest BCUT2D eigenvalue weighted by Crippen LogP contribution is 2.37.